The minimum atomic E-state index is -0.572. The highest BCUT2D eigenvalue weighted by atomic mass is 16.5. The fourth-order valence-corrected chi connectivity index (χ4v) is 4.70. The van der Waals surface area contributed by atoms with Crippen LogP contribution in [0.25, 0.3) is 0 Å². The van der Waals surface area contributed by atoms with Gasteiger partial charge in [-0.25, -0.2) is 4.79 Å². The Bertz CT molecular complexity index is 1030. The van der Waals surface area contributed by atoms with Gasteiger partial charge in [0.2, 0.25) is 5.91 Å². The smallest absolute Gasteiger partial charge is 0.328 e. The van der Waals surface area contributed by atoms with E-state index in [9.17, 15) is 9.59 Å². The van der Waals surface area contributed by atoms with E-state index in [4.69, 9.17) is 10.00 Å². The summed E-state index contributed by atoms with van der Waals surface area (Å²) >= 11 is 0. The topological polar surface area (TPSA) is 76.9 Å². The molecule has 0 bridgehead atoms. The van der Waals surface area contributed by atoms with Crippen LogP contribution in [0.5, 0.6) is 0 Å². The molecular weight excluding hydrogens is 416 g/mol. The predicted octanol–water partition coefficient (Wildman–Crippen LogP) is 2.19. The zero-order valence-electron chi connectivity index (χ0n) is 19.1. The lowest BCUT2D eigenvalue weighted by Gasteiger charge is -2.36. The number of carbonyl (C=O) groups excluding carboxylic acids is 2. The van der Waals surface area contributed by atoms with Gasteiger partial charge in [-0.05, 0) is 48.3 Å². The SMILES string of the molecule is COC(=O)C1Cc2ccccc2CN1C(=O)CN1CCCN(Cc2ccc(C#N)cc2)CC1. The number of nitrogens with zero attached hydrogens (tertiary/aromatic N) is 4. The molecular formula is C26H30N4O3. The van der Waals surface area contributed by atoms with E-state index in [-0.39, 0.29) is 11.9 Å². The largest absolute Gasteiger partial charge is 0.467 e. The maximum atomic E-state index is 13.3. The number of fused-ring (bicyclic) bond motifs is 1. The first-order chi connectivity index (χ1) is 16.1. The zero-order chi connectivity index (χ0) is 23.2. The van der Waals surface area contributed by atoms with Gasteiger partial charge >= 0.3 is 5.97 Å². The molecule has 2 aliphatic rings. The highest BCUT2D eigenvalue weighted by Crippen LogP contribution is 2.24. The molecule has 2 heterocycles. The molecule has 1 amide bonds. The Morgan fingerprint density at radius 1 is 1.00 bits per heavy atom. The number of nitriles is 1. The average Bonchev–Trinajstić information content (AvgIpc) is 3.08. The Balaban J connectivity index is 1.36. The number of hydrogen-bond acceptors (Lipinski definition) is 6. The van der Waals surface area contributed by atoms with E-state index in [1.807, 2.05) is 48.5 Å². The number of methoxy groups -OCH3 is 1. The van der Waals surface area contributed by atoms with Gasteiger partial charge in [-0.2, -0.15) is 5.26 Å². The number of hydrogen-bond donors (Lipinski definition) is 0. The molecule has 0 spiro atoms. The third kappa shape index (κ3) is 5.59. The molecule has 33 heavy (non-hydrogen) atoms. The molecule has 7 nitrogen and oxygen atoms in total. The lowest BCUT2D eigenvalue weighted by molar-refractivity contribution is -0.154. The van der Waals surface area contributed by atoms with Crippen molar-refractivity contribution in [2.45, 2.75) is 32.0 Å². The molecule has 2 aliphatic heterocycles. The molecule has 2 aromatic carbocycles. The summed E-state index contributed by atoms with van der Waals surface area (Å²) in [5.74, 6) is -0.386. The van der Waals surface area contributed by atoms with Crippen LogP contribution in [-0.2, 0) is 33.8 Å². The molecule has 2 aromatic rings. The second-order valence-corrected chi connectivity index (χ2v) is 8.75. The van der Waals surface area contributed by atoms with E-state index in [1.165, 1.54) is 12.7 Å². The van der Waals surface area contributed by atoms with Gasteiger partial charge in [0, 0.05) is 32.6 Å². The van der Waals surface area contributed by atoms with Crippen molar-refractivity contribution in [3.8, 4) is 6.07 Å². The van der Waals surface area contributed by atoms with Gasteiger partial charge in [0.1, 0.15) is 6.04 Å². The van der Waals surface area contributed by atoms with E-state index in [0.717, 1.165) is 50.3 Å². The molecule has 0 aromatic heterocycles. The Morgan fingerprint density at radius 2 is 1.70 bits per heavy atom. The highest BCUT2D eigenvalue weighted by Gasteiger charge is 2.35. The van der Waals surface area contributed by atoms with E-state index < -0.39 is 6.04 Å². The molecule has 0 N–H and O–H groups in total. The van der Waals surface area contributed by atoms with Crippen LogP contribution < -0.4 is 0 Å². The molecule has 172 valence electrons. The summed E-state index contributed by atoms with van der Waals surface area (Å²) < 4.78 is 5.01. The monoisotopic (exact) mass is 446 g/mol. The van der Waals surface area contributed by atoms with Crippen LogP contribution in [0.4, 0.5) is 0 Å². The van der Waals surface area contributed by atoms with Crippen LogP contribution in [0.15, 0.2) is 48.5 Å². The van der Waals surface area contributed by atoms with Crippen molar-refractivity contribution in [3.63, 3.8) is 0 Å². The summed E-state index contributed by atoms with van der Waals surface area (Å²) in [6, 6.07) is 17.3. The van der Waals surface area contributed by atoms with Gasteiger partial charge in [-0.1, -0.05) is 36.4 Å². The van der Waals surface area contributed by atoms with E-state index >= 15 is 0 Å². The summed E-state index contributed by atoms with van der Waals surface area (Å²) in [5, 5.41) is 8.97. The fraction of sp³-hybridized carbons (Fsp3) is 0.423. The Labute approximate surface area is 195 Å². The Morgan fingerprint density at radius 3 is 2.42 bits per heavy atom. The van der Waals surface area contributed by atoms with Crippen LogP contribution in [0.2, 0.25) is 0 Å². The second-order valence-electron chi connectivity index (χ2n) is 8.75. The van der Waals surface area contributed by atoms with Crippen molar-refractivity contribution >= 4 is 11.9 Å². The molecule has 1 fully saturated rings. The average molecular weight is 447 g/mol. The van der Waals surface area contributed by atoms with Gasteiger partial charge < -0.3 is 9.64 Å². The Hall–Kier alpha value is -3.21. The summed E-state index contributed by atoms with van der Waals surface area (Å²) in [6.07, 6.45) is 1.47. The number of ether oxygens (including phenoxy) is 1. The third-order valence-electron chi connectivity index (χ3n) is 6.57. The van der Waals surface area contributed by atoms with Gasteiger partial charge in [-0.15, -0.1) is 0 Å². The second kappa shape index (κ2) is 10.6. The molecule has 1 saturated heterocycles. The minimum absolute atomic E-state index is 0.0274. The molecule has 0 aliphatic carbocycles. The molecule has 0 saturated carbocycles. The van der Waals surface area contributed by atoms with Crippen LogP contribution in [0, 0.1) is 11.3 Å². The van der Waals surface area contributed by atoms with Gasteiger partial charge in [0.25, 0.3) is 0 Å². The van der Waals surface area contributed by atoms with Gasteiger partial charge in [0.15, 0.2) is 0 Å². The van der Waals surface area contributed by atoms with Crippen molar-refractivity contribution in [2.24, 2.45) is 0 Å². The minimum Gasteiger partial charge on any atom is -0.467 e. The molecule has 1 atom stereocenters. The summed E-state index contributed by atoms with van der Waals surface area (Å²) in [7, 11) is 1.38. The van der Waals surface area contributed by atoms with E-state index in [1.54, 1.807) is 4.90 Å². The highest BCUT2D eigenvalue weighted by molar-refractivity contribution is 5.86. The Kier molecular flexibility index (Phi) is 7.38. The number of rotatable bonds is 5. The van der Waals surface area contributed by atoms with E-state index in [2.05, 4.69) is 15.9 Å². The standard InChI is InChI=1S/C26H30N4O3/c1-33-26(32)24-15-22-5-2-3-6-23(22)18-30(24)25(31)19-29-12-4-11-28(13-14-29)17-21-9-7-20(16-27)8-10-21/h2-3,5-10,24H,4,11-15,17-19H2,1H3. The normalized spacial score (nSPS) is 19.3. The first-order valence-corrected chi connectivity index (χ1v) is 11.4. The zero-order valence-corrected chi connectivity index (χ0v) is 19.1. The van der Waals surface area contributed by atoms with Gasteiger partial charge in [0.05, 0.1) is 25.3 Å². The first kappa shape index (κ1) is 23.0. The summed E-state index contributed by atoms with van der Waals surface area (Å²) in [6.45, 7) is 5.07. The van der Waals surface area contributed by atoms with Crippen LogP contribution >= 0.6 is 0 Å². The van der Waals surface area contributed by atoms with Crippen molar-refractivity contribution in [2.75, 3.05) is 39.8 Å². The van der Waals surface area contributed by atoms with E-state index in [0.29, 0.717) is 25.1 Å². The maximum Gasteiger partial charge on any atom is 0.328 e. The first-order valence-electron chi connectivity index (χ1n) is 11.4. The lowest BCUT2D eigenvalue weighted by atomic mass is 9.94. The summed E-state index contributed by atoms with van der Waals surface area (Å²) in [4.78, 5) is 32.0. The predicted molar refractivity (Wildman–Crippen MR) is 124 cm³/mol. The van der Waals surface area contributed by atoms with Crippen LogP contribution in [-0.4, -0.2) is 72.5 Å². The van der Waals surface area contributed by atoms with Crippen molar-refractivity contribution in [3.05, 3.63) is 70.8 Å². The quantitative estimate of drug-likeness (QED) is 0.656. The molecule has 4 rings (SSSR count). The number of carbonyl (C=O) groups is 2. The van der Waals surface area contributed by atoms with Crippen molar-refractivity contribution in [1.82, 2.24) is 14.7 Å². The van der Waals surface area contributed by atoms with Gasteiger partial charge in [-0.3, -0.25) is 14.6 Å². The van der Waals surface area contributed by atoms with Crippen LogP contribution in [0.3, 0.4) is 0 Å². The third-order valence-corrected chi connectivity index (χ3v) is 6.57. The molecule has 0 radical (unpaired) electrons. The molecule has 7 heteroatoms. The number of esters is 1. The maximum absolute atomic E-state index is 13.3. The van der Waals surface area contributed by atoms with Crippen molar-refractivity contribution < 1.29 is 14.3 Å². The lowest BCUT2D eigenvalue weighted by Crippen LogP contribution is -2.52. The molecule has 1 unspecified atom stereocenters. The summed E-state index contributed by atoms with van der Waals surface area (Å²) in [5.41, 5.74) is 4.05. The fourth-order valence-electron chi connectivity index (χ4n) is 4.70. The number of amides is 1. The van der Waals surface area contributed by atoms with Crippen LogP contribution in [0.1, 0.15) is 28.7 Å². The van der Waals surface area contributed by atoms with Crippen molar-refractivity contribution in [1.29, 1.82) is 5.26 Å². The number of benzene rings is 2.